The second kappa shape index (κ2) is 10.9. The van der Waals surface area contributed by atoms with Gasteiger partial charge in [0.2, 0.25) is 0 Å². The van der Waals surface area contributed by atoms with E-state index < -0.39 is 0 Å². The Kier molecular flexibility index (Phi) is 10.7. The van der Waals surface area contributed by atoms with E-state index in [1.54, 1.807) is 0 Å². The van der Waals surface area contributed by atoms with E-state index in [-0.39, 0.29) is 56.4 Å². The molecule has 1 atom stereocenters. The average Bonchev–Trinajstić information content (AvgIpc) is 2.98. The van der Waals surface area contributed by atoms with Crippen LogP contribution >= 0.6 is 0 Å². The summed E-state index contributed by atoms with van der Waals surface area (Å²) in [7, 11) is 0. The minimum Gasteiger partial charge on any atom is -1.00 e. The Balaban J connectivity index is 0.00000225. The molecule has 0 nitrogen and oxygen atoms in total. The molecule has 0 heterocycles. The molecular formula is C24H29Cl2Zr. The normalized spacial score (nSPS) is 11.9. The molecule has 0 saturated carbocycles. The van der Waals surface area contributed by atoms with E-state index in [1.807, 2.05) is 0 Å². The van der Waals surface area contributed by atoms with Gasteiger partial charge >= 0.3 is 26.2 Å². The van der Waals surface area contributed by atoms with Gasteiger partial charge in [-0.3, -0.25) is 0 Å². The molecule has 1 radical (unpaired) electrons. The summed E-state index contributed by atoms with van der Waals surface area (Å²) in [4.78, 5) is 0. The SMILES string of the molecule is CCCC(C)c1cc2c(-c3ccc(C(C)(C)C)cc3)cccc2[cH-]1.[Cl-].[Cl-].[Zr+3]. The van der Waals surface area contributed by atoms with Gasteiger partial charge in [-0.1, -0.05) is 76.9 Å². The molecule has 0 aliphatic carbocycles. The van der Waals surface area contributed by atoms with Gasteiger partial charge in [0.05, 0.1) is 0 Å². The molecule has 27 heavy (non-hydrogen) atoms. The Morgan fingerprint density at radius 1 is 0.963 bits per heavy atom. The van der Waals surface area contributed by atoms with Gasteiger partial charge in [0.15, 0.2) is 0 Å². The van der Waals surface area contributed by atoms with Crippen LogP contribution in [0.15, 0.2) is 54.6 Å². The molecule has 0 N–H and O–H groups in total. The fourth-order valence-electron chi connectivity index (χ4n) is 3.54. The number of hydrogen-bond acceptors (Lipinski definition) is 0. The number of halogens is 2. The van der Waals surface area contributed by atoms with Crippen LogP contribution in [-0.2, 0) is 31.6 Å². The third kappa shape index (κ3) is 5.99. The second-order valence-corrected chi connectivity index (χ2v) is 8.11. The van der Waals surface area contributed by atoms with Gasteiger partial charge in [-0.2, -0.15) is 6.07 Å². The molecule has 0 amide bonds. The zero-order valence-electron chi connectivity index (χ0n) is 16.9. The Morgan fingerprint density at radius 3 is 2.15 bits per heavy atom. The first-order chi connectivity index (χ1) is 11.4. The summed E-state index contributed by atoms with van der Waals surface area (Å²) in [5.41, 5.74) is 5.73. The number of hydrogen-bond donors (Lipinski definition) is 0. The van der Waals surface area contributed by atoms with Gasteiger partial charge in [-0.15, -0.1) is 34.5 Å². The summed E-state index contributed by atoms with van der Waals surface area (Å²) in [6.07, 6.45) is 2.50. The molecule has 0 bridgehead atoms. The molecule has 0 aromatic heterocycles. The molecule has 3 aromatic carbocycles. The summed E-state index contributed by atoms with van der Waals surface area (Å²) in [6, 6.07) is 20.6. The van der Waals surface area contributed by atoms with Crippen LogP contribution < -0.4 is 24.8 Å². The molecule has 0 saturated heterocycles. The summed E-state index contributed by atoms with van der Waals surface area (Å²) < 4.78 is 0. The van der Waals surface area contributed by atoms with E-state index in [2.05, 4.69) is 89.2 Å². The predicted octanol–water partition coefficient (Wildman–Crippen LogP) is 1.43. The van der Waals surface area contributed by atoms with Crippen molar-refractivity contribution in [3.8, 4) is 11.1 Å². The quantitative estimate of drug-likeness (QED) is 0.497. The second-order valence-electron chi connectivity index (χ2n) is 8.11. The Labute approximate surface area is 196 Å². The molecule has 3 aromatic rings. The van der Waals surface area contributed by atoms with Crippen molar-refractivity contribution >= 4 is 10.8 Å². The van der Waals surface area contributed by atoms with Gasteiger partial charge in [-0.05, 0) is 28.9 Å². The third-order valence-corrected chi connectivity index (χ3v) is 5.13. The fourth-order valence-corrected chi connectivity index (χ4v) is 3.54. The minimum absolute atomic E-state index is 0. The Hall–Kier alpha value is -0.487. The molecule has 0 aliphatic heterocycles. The van der Waals surface area contributed by atoms with Crippen LogP contribution in [0.3, 0.4) is 0 Å². The molecular weight excluding hydrogens is 450 g/mol. The van der Waals surface area contributed by atoms with Gasteiger partial charge in [0.25, 0.3) is 0 Å². The standard InChI is InChI=1S/C24H29.2ClH.Zr/c1-6-8-17(2)20-15-19-9-7-10-22(23(19)16-20)18-11-13-21(14-12-18)24(3,4)5;;;/h7,9-17H,6,8H2,1-5H3;2*1H;/q-1;;;+3/p-2. The molecule has 3 rings (SSSR count). The predicted molar refractivity (Wildman–Crippen MR) is 107 cm³/mol. The maximum Gasteiger partial charge on any atom is 3.00 e. The summed E-state index contributed by atoms with van der Waals surface area (Å²) in [5, 5.41) is 2.75. The molecule has 0 spiro atoms. The average molecular weight is 480 g/mol. The zero-order chi connectivity index (χ0) is 17.3. The first-order valence-electron chi connectivity index (χ1n) is 9.20. The van der Waals surface area contributed by atoms with Crippen LogP contribution in [0.1, 0.15) is 64.5 Å². The molecule has 0 fully saturated rings. The maximum absolute atomic E-state index is 2.41. The van der Waals surface area contributed by atoms with Crippen molar-refractivity contribution in [2.75, 3.05) is 0 Å². The van der Waals surface area contributed by atoms with Crippen LogP contribution in [0.2, 0.25) is 0 Å². The number of rotatable bonds is 4. The van der Waals surface area contributed by atoms with Crippen molar-refractivity contribution in [3.63, 3.8) is 0 Å². The van der Waals surface area contributed by atoms with Crippen molar-refractivity contribution in [1.82, 2.24) is 0 Å². The van der Waals surface area contributed by atoms with E-state index in [9.17, 15) is 0 Å². The first-order valence-corrected chi connectivity index (χ1v) is 9.20. The molecule has 3 heteroatoms. The van der Waals surface area contributed by atoms with Gasteiger partial charge in [0.1, 0.15) is 0 Å². The third-order valence-electron chi connectivity index (χ3n) is 5.13. The van der Waals surface area contributed by atoms with Crippen molar-refractivity contribution in [2.24, 2.45) is 0 Å². The molecule has 143 valence electrons. The van der Waals surface area contributed by atoms with Crippen LogP contribution in [0.4, 0.5) is 0 Å². The Bertz CT molecular complexity index is 826. The van der Waals surface area contributed by atoms with E-state index in [0.717, 1.165) is 0 Å². The van der Waals surface area contributed by atoms with Crippen molar-refractivity contribution in [2.45, 2.75) is 58.8 Å². The fraction of sp³-hybridized carbons (Fsp3) is 0.375. The Morgan fingerprint density at radius 2 is 1.59 bits per heavy atom. The number of benzene rings is 2. The van der Waals surface area contributed by atoms with E-state index in [0.29, 0.717) is 5.92 Å². The molecule has 1 unspecified atom stereocenters. The maximum atomic E-state index is 2.41. The van der Waals surface area contributed by atoms with E-state index in [4.69, 9.17) is 0 Å². The van der Waals surface area contributed by atoms with E-state index in [1.165, 1.54) is 45.9 Å². The zero-order valence-corrected chi connectivity index (χ0v) is 20.9. The van der Waals surface area contributed by atoms with Gasteiger partial charge in [0, 0.05) is 0 Å². The molecule has 0 aliphatic rings. The summed E-state index contributed by atoms with van der Waals surface area (Å²) in [5.74, 6) is 0.638. The van der Waals surface area contributed by atoms with Crippen molar-refractivity contribution in [1.29, 1.82) is 0 Å². The van der Waals surface area contributed by atoms with Crippen LogP contribution in [-0.4, -0.2) is 0 Å². The van der Waals surface area contributed by atoms with Crippen molar-refractivity contribution in [3.05, 3.63) is 65.7 Å². The van der Waals surface area contributed by atoms with Crippen LogP contribution in [0.5, 0.6) is 0 Å². The van der Waals surface area contributed by atoms with Gasteiger partial charge < -0.3 is 24.8 Å². The summed E-state index contributed by atoms with van der Waals surface area (Å²) in [6.45, 7) is 11.4. The number of fused-ring (bicyclic) bond motifs is 1. The smallest absolute Gasteiger partial charge is 1.00 e. The monoisotopic (exact) mass is 477 g/mol. The first kappa shape index (κ1) is 26.5. The van der Waals surface area contributed by atoms with Gasteiger partial charge in [-0.25, -0.2) is 0 Å². The van der Waals surface area contributed by atoms with E-state index >= 15 is 0 Å². The largest absolute Gasteiger partial charge is 3.00 e. The van der Waals surface area contributed by atoms with Crippen LogP contribution in [0, 0.1) is 0 Å². The topological polar surface area (TPSA) is 0 Å². The summed E-state index contributed by atoms with van der Waals surface area (Å²) >= 11 is 0. The van der Waals surface area contributed by atoms with Crippen LogP contribution in [0.25, 0.3) is 21.9 Å². The minimum atomic E-state index is 0. The van der Waals surface area contributed by atoms with Crippen molar-refractivity contribution < 1.29 is 51.0 Å².